The minimum atomic E-state index is 0.114. The maximum absolute atomic E-state index is 6.03. The number of para-hydroxylation sites is 3. The number of hydrogen-bond donors (Lipinski definition) is 1. The van der Waals surface area contributed by atoms with Gasteiger partial charge in [-0.05, 0) is 61.9 Å². The van der Waals surface area contributed by atoms with Gasteiger partial charge in [-0.1, -0.05) is 55.2 Å². The summed E-state index contributed by atoms with van der Waals surface area (Å²) in [7, 11) is 0. The Bertz CT molecular complexity index is 767. The molecule has 3 rings (SSSR count). The molecule has 25 heavy (non-hydrogen) atoms. The Labute approximate surface area is 150 Å². The summed E-state index contributed by atoms with van der Waals surface area (Å²) >= 11 is 0. The molecule has 0 aromatic heterocycles. The van der Waals surface area contributed by atoms with Gasteiger partial charge in [-0.3, -0.25) is 0 Å². The summed E-state index contributed by atoms with van der Waals surface area (Å²) in [4.78, 5) is 0. The van der Waals surface area contributed by atoms with Gasteiger partial charge in [0.1, 0.15) is 5.75 Å². The lowest BCUT2D eigenvalue weighted by atomic mass is 10.00. The molecule has 0 fully saturated rings. The minimum absolute atomic E-state index is 0.114. The van der Waals surface area contributed by atoms with E-state index in [1.807, 2.05) is 54.6 Å². The molecule has 0 spiro atoms. The SMILES string of the molecule is CC[C@@H](C#CC1=CCCCC1)Nc1ccccc1Oc1ccccc1. The number of allylic oxidation sites excluding steroid dienone is 2. The maximum Gasteiger partial charge on any atom is 0.150 e. The second-order valence-corrected chi connectivity index (χ2v) is 6.26. The maximum atomic E-state index is 6.03. The number of benzene rings is 2. The van der Waals surface area contributed by atoms with Crippen molar-refractivity contribution in [3.63, 3.8) is 0 Å². The van der Waals surface area contributed by atoms with Crippen LogP contribution in [0.15, 0.2) is 66.2 Å². The van der Waals surface area contributed by atoms with Crippen molar-refractivity contribution in [2.75, 3.05) is 5.32 Å². The van der Waals surface area contributed by atoms with Crippen LogP contribution in [-0.2, 0) is 0 Å². The molecular formula is C23H25NO. The topological polar surface area (TPSA) is 21.3 Å². The van der Waals surface area contributed by atoms with Gasteiger partial charge in [-0.15, -0.1) is 0 Å². The summed E-state index contributed by atoms with van der Waals surface area (Å²) in [6.07, 6.45) is 8.08. The highest BCUT2D eigenvalue weighted by atomic mass is 16.5. The van der Waals surface area contributed by atoms with E-state index in [-0.39, 0.29) is 6.04 Å². The highest BCUT2D eigenvalue weighted by Crippen LogP contribution is 2.29. The monoisotopic (exact) mass is 331 g/mol. The lowest BCUT2D eigenvalue weighted by Gasteiger charge is -2.16. The molecule has 0 amide bonds. The van der Waals surface area contributed by atoms with Crippen molar-refractivity contribution < 1.29 is 4.74 Å². The van der Waals surface area contributed by atoms with Crippen LogP contribution in [0.3, 0.4) is 0 Å². The van der Waals surface area contributed by atoms with Crippen molar-refractivity contribution in [3.8, 4) is 23.3 Å². The van der Waals surface area contributed by atoms with Gasteiger partial charge in [-0.2, -0.15) is 0 Å². The van der Waals surface area contributed by atoms with Gasteiger partial charge in [0.2, 0.25) is 0 Å². The fourth-order valence-electron chi connectivity index (χ4n) is 2.85. The van der Waals surface area contributed by atoms with E-state index in [1.165, 1.54) is 24.8 Å². The smallest absolute Gasteiger partial charge is 0.150 e. The predicted molar refractivity (Wildman–Crippen MR) is 105 cm³/mol. The third-order valence-corrected chi connectivity index (χ3v) is 4.29. The van der Waals surface area contributed by atoms with E-state index in [4.69, 9.17) is 4.74 Å². The second-order valence-electron chi connectivity index (χ2n) is 6.26. The number of anilines is 1. The first kappa shape index (κ1) is 17.2. The van der Waals surface area contributed by atoms with Gasteiger partial charge in [0.05, 0.1) is 11.7 Å². The zero-order valence-corrected chi connectivity index (χ0v) is 14.8. The van der Waals surface area contributed by atoms with Gasteiger partial charge in [0.25, 0.3) is 0 Å². The molecule has 2 aromatic carbocycles. The van der Waals surface area contributed by atoms with Crippen LogP contribution in [0.2, 0.25) is 0 Å². The molecule has 2 nitrogen and oxygen atoms in total. The quantitative estimate of drug-likeness (QED) is 0.661. The predicted octanol–water partition coefficient (Wildman–Crippen LogP) is 6.17. The first-order chi connectivity index (χ1) is 12.3. The Kier molecular flexibility index (Phi) is 6.17. The summed E-state index contributed by atoms with van der Waals surface area (Å²) in [5.74, 6) is 8.42. The van der Waals surface area contributed by atoms with Crippen LogP contribution in [0.5, 0.6) is 11.5 Å². The van der Waals surface area contributed by atoms with E-state index in [2.05, 4.69) is 30.2 Å². The Morgan fingerprint density at radius 1 is 1.04 bits per heavy atom. The van der Waals surface area contributed by atoms with Gasteiger partial charge in [0.15, 0.2) is 5.75 Å². The first-order valence-electron chi connectivity index (χ1n) is 9.14. The molecule has 128 valence electrons. The van der Waals surface area contributed by atoms with Crippen molar-refractivity contribution in [2.24, 2.45) is 0 Å². The Morgan fingerprint density at radius 2 is 1.84 bits per heavy atom. The lowest BCUT2D eigenvalue weighted by molar-refractivity contribution is 0.484. The summed E-state index contributed by atoms with van der Waals surface area (Å²) in [5.41, 5.74) is 2.27. The second kappa shape index (κ2) is 8.99. The Balaban J connectivity index is 1.72. The van der Waals surface area contributed by atoms with Crippen LogP contribution in [0.4, 0.5) is 5.69 Å². The number of rotatable bonds is 5. The normalized spacial score (nSPS) is 14.7. The molecule has 0 bridgehead atoms. The molecule has 1 N–H and O–H groups in total. The van der Waals surface area contributed by atoms with Crippen LogP contribution in [0.25, 0.3) is 0 Å². The van der Waals surface area contributed by atoms with Gasteiger partial charge < -0.3 is 10.1 Å². The molecule has 0 radical (unpaired) electrons. The summed E-state index contributed by atoms with van der Waals surface area (Å²) in [6, 6.07) is 18.0. The first-order valence-corrected chi connectivity index (χ1v) is 9.14. The van der Waals surface area contributed by atoms with E-state index in [1.54, 1.807) is 0 Å². The zero-order chi connectivity index (χ0) is 17.3. The zero-order valence-electron chi connectivity index (χ0n) is 14.8. The van der Waals surface area contributed by atoms with E-state index < -0.39 is 0 Å². The van der Waals surface area contributed by atoms with Crippen LogP contribution >= 0.6 is 0 Å². The molecule has 0 heterocycles. The third kappa shape index (κ3) is 5.16. The highest BCUT2D eigenvalue weighted by Gasteiger charge is 2.09. The molecule has 0 saturated carbocycles. The van der Waals surface area contributed by atoms with Crippen LogP contribution in [0, 0.1) is 11.8 Å². The molecular weight excluding hydrogens is 306 g/mol. The van der Waals surface area contributed by atoms with Crippen LogP contribution in [-0.4, -0.2) is 6.04 Å². The molecule has 2 aromatic rings. The van der Waals surface area contributed by atoms with Crippen molar-refractivity contribution in [2.45, 2.75) is 45.1 Å². The van der Waals surface area contributed by atoms with Crippen LogP contribution in [0.1, 0.15) is 39.0 Å². The van der Waals surface area contributed by atoms with Gasteiger partial charge in [-0.25, -0.2) is 0 Å². The fourth-order valence-corrected chi connectivity index (χ4v) is 2.85. The third-order valence-electron chi connectivity index (χ3n) is 4.29. The molecule has 0 saturated heterocycles. The summed E-state index contributed by atoms with van der Waals surface area (Å²) in [6.45, 7) is 2.16. The van der Waals surface area contributed by atoms with Gasteiger partial charge >= 0.3 is 0 Å². The van der Waals surface area contributed by atoms with Crippen molar-refractivity contribution in [1.29, 1.82) is 0 Å². The molecule has 1 aliphatic rings. The van der Waals surface area contributed by atoms with E-state index in [9.17, 15) is 0 Å². The summed E-state index contributed by atoms with van der Waals surface area (Å²) in [5, 5.41) is 3.53. The average molecular weight is 331 g/mol. The lowest BCUT2D eigenvalue weighted by Crippen LogP contribution is -2.16. The van der Waals surface area contributed by atoms with Crippen molar-refractivity contribution in [1.82, 2.24) is 0 Å². The summed E-state index contributed by atoms with van der Waals surface area (Å²) < 4.78 is 6.03. The Morgan fingerprint density at radius 3 is 2.60 bits per heavy atom. The molecule has 0 aliphatic heterocycles. The van der Waals surface area contributed by atoms with Gasteiger partial charge in [0, 0.05) is 0 Å². The molecule has 1 atom stereocenters. The van der Waals surface area contributed by atoms with Crippen molar-refractivity contribution >= 4 is 5.69 Å². The average Bonchev–Trinajstić information content (AvgIpc) is 2.68. The largest absolute Gasteiger partial charge is 0.455 e. The Hall–Kier alpha value is -2.66. The number of ether oxygens (including phenoxy) is 1. The molecule has 1 aliphatic carbocycles. The van der Waals surface area contributed by atoms with E-state index in [0.717, 1.165) is 30.0 Å². The fraction of sp³-hybridized carbons (Fsp3) is 0.304. The van der Waals surface area contributed by atoms with E-state index >= 15 is 0 Å². The number of nitrogens with one attached hydrogen (secondary N) is 1. The minimum Gasteiger partial charge on any atom is -0.455 e. The number of hydrogen-bond acceptors (Lipinski definition) is 2. The highest BCUT2D eigenvalue weighted by molar-refractivity contribution is 5.59. The standard InChI is InChI=1S/C23H25NO/c1-2-20(18-17-19-11-5-3-6-12-19)24-22-15-9-10-16-23(22)25-21-13-7-4-8-14-21/h4,7-11,13-16,20,24H,2-3,5-6,12H2,1H3/t20-/m0/s1. The van der Waals surface area contributed by atoms with Crippen molar-refractivity contribution in [3.05, 3.63) is 66.2 Å². The molecule has 2 heteroatoms. The van der Waals surface area contributed by atoms with E-state index in [0.29, 0.717) is 0 Å². The molecule has 0 unspecified atom stereocenters. The van der Waals surface area contributed by atoms with Crippen LogP contribution < -0.4 is 10.1 Å².